The minimum atomic E-state index is -1.03. The van der Waals surface area contributed by atoms with Crippen LogP contribution in [-0.2, 0) is 11.3 Å². The Morgan fingerprint density at radius 2 is 1.75 bits per heavy atom. The summed E-state index contributed by atoms with van der Waals surface area (Å²) < 4.78 is 5.17. The van der Waals surface area contributed by atoms with Crippen molar-refractivity contribution >= 4 is 12.1 Å². The summed E-state index contributed by atoms with van der Waals surface area (Å²) in [6, 6.07) is 6.36. The van der Waals surface area contributed by atoms with E-state index in [1.165, 1.54) is 18.3 Å². The molecule has 2 aromatic heterocycles. The van der Waals surface area contributed by atoms with Crippen molar-refractivity contribution in [2.24, 2.45) is 0 Å². The van der Waals surface area contributed by atoms with Gasteiger partial charge in [0.2, 0.25) is 0 Å². The lowest BCUT2D eigenvalue weighted by Crippen LogP contribution is -2.32. The highest BCUT2D eigenvalue weighted by Gasteiger charge is 2.15. The van der Waals surface area contributed by atoms with Gasteiger partial charge in [-0.15, -0.1) is 0 Å². The summed E-state index contributed by atoms with van der Waals surface area (Å²) in [6.45, 7) is 5.64. The summed E-state index contributed by atoms with van der Waals surface area (Å²) in [5.41, 5.74) is 1.36. The number of rotatable bonds is 4. The van der Waals surface area contributed by atoms with Crippen LogP contribution in [0.4, 0.5) is 4.79 Å². The van der Waals surface area contributed by atoms with E-state index in [1.807, 2.05) is 0 Å². The zero-order chi connectivity index (χ0) is 17.7. The summed E-state index contributed by atoms with van der Waals surface area (Å²) in [6.07, 6.45) is 2.50. The molecule has 0 unspecified atom stereocenters. The predicted octanol–water partition coefficient (Wildman–Crippen LogP) is 2.87. The van der Waals surface area contributed by atoms with Gasteiger partial charge in [0.1, 0.15) is 5.60 Å². The van der Waals surface area contributed by atoms with Gasteiger partial charge in [-0.2, -0.15) is 0 Å². The Hall–Kier alpha value is -2.96. The van der Waals surface area contributed by atoms with Crippen LogP contribution < -0.4 is 5.32 Å². The lowest BCUT2D eigenvalue weighted by molar-refractivity contribution is 0.0523. The van der Waals surface area contributed by atoms with E-state index in [2.05, 4.69) is 15.3 Å². The molecule has 2 N–H and O–H groups in total. The number of aromatic nitrogens is 2. The van der Waals surface area contributed by atoms with Crippen molar-refractivity contribution < 1.29 is 19.4 Å². The van der Waals surface area contributed by atoms with Crippen molar-refractivity contribution in [2.75, 3.05) is 0 Å². The fourth-order valence-corrected chi connectivity index (χ4v) is 1.92. The van der Waals surface area contributed by atoms with E-state index in [1.54, 1.807) is 39.1 Å². The number of carboxylic acids is 1. The second-order valence-electron chi connectivity index (χ2n) is 6.14. The van der Waals surface area contributed by atoms with Crippen LogP contribution in [0, 0.1) is 0 Å². The molecule has 2 rings (SSSR count). The number of nitrogens with one attached hydrogen (secondary N) is 1. The van der Waals surface area contributed by atoms with Gasteiger partial charge in [0, 0.05) is 18.9 Å². The van der Waals surface area contributed by atoms with Crippen molar-refractivity contribution in [1.29, 1.82) is 0 Å². The lowest BCUT2D eigenvalue weighted by Gasteiger charge is -2.19. The van der Waals surface area contributed by atoms with Crippen LogP contribution in [0.5, 0.6) is 0 Å². The largest absolute Gasteiger partial charge is 0.478 e. The third kappa shape index (κ3) is 5.05. The van der Waals surface area contributed by atoms with Crippen LogP contribution in [0.15, 0.2) is 36.7 Å². The average molecular weight is 329 g/mol. The SMILES string of the molecule is CC(C)(C)OC(=O)NCc1ccnc(-c2cc(C(=O)O)ccn2)c1. The van der Waals surface area contributed by atoms with Crippen LogP contribution in [0.3, 0.4) is 0 Å². The molecule has 0 radical (unpaired) electrons. The molecular weight excluding hydrogens is 310 g/mol. The van der Waals surface area contributed by atoms with Crippen LogP contribution in [-0.4, -0.2) is 32.7 Å². The van der Waals surface area contributed by atoms with Crippen molar-refractivity contribution in [2.45, 2.75) is 32.9 Å². The first kappa shape index (κ1) is 17.4. The Balaban J connectivity index is 2.10. The van der Waals surface area contributed by atoms with Crippen molar-refractivity contribution in [3.63, 3.8) is 0 Å². The van der Waals surface area contributed by atoms with Gasteiger partial charge in [0.15, 0.2) is 0 Å². The van der Waals surface area contributed by atoms with E-state index in [0.29, 0.717) is 11.4 Å². The van der Waals surface area contributed by atoms with Crippen LogP contribution in [0.25, 0.3) is 11.4 Å². The Bertz CT molecular complexity index is 753. The predicted molar refractivity (Wildman–Crippen MR) is 87.5 cm³/mol. The van der Waals surface area contributed by atoms with E-state index in [9.17, 15) is 9.59 Å². The minimum Gasteiger partial charge on any atom is -0.478 e. The summed E-state index contributed by atoms with van der Waals surface area (Å²) in [4.78, 5) is 31.0. The minimum absolute atomic E-state index is 0.138. The van der Waals surface area contributed by atoms with Gasteiger partial charge in [-0.25, -0.2) is 9.59 Å². The number of amides is 1. The smallest absolute Gasteiger partial charge is 0.407 e. The summed E-state index contributed by atoms with van der Waals surface area (Å²) >= 11 is 0. The maximum Gasteiger partial charge on any atom is 0.407 e. The van der Waals surface area contributed by atoms with Gasteiger partial charge < -0.3 is 15.2 Å². The lowest BCUT2D eigenvalue weighted by atomic mass is 10.1. The standard InChI is InChI=1S/C17H19N3O4/c1-17(2,3)24-16(23)20-10-11-4-6-18-13(8-11)14-9-12(15(21)22)5-7-19-14/h4-9H,10H2,1-3H3,(H,20,23)(H,21,22). The summed E-state index contributed by atoms with van der Waals surface area (Å²) in [7, 11) is 0. The molecule has 126 valence electrons. The van der Waals surface area contributed by atoms with Crippen molar-refractivity contribution in [3.05, 3.63) is 47.8 Å². The molecule has 1 amide bonds. The Kier molecular flexibility index (Phi) is 5.13. The summed E-state index contributed by atoms with van der Waals surface area (Å²) in [5.74, 6) is -1.03. The van der Waals surface area contributed by atoms with E-state index in [4.69, 9.17) is 9.84 Å². The van der Waals surface area contributed by atoms with Gasteiger partial charge in [-0.1, -0.05) is 0 Å². The summed E-state index contributed by atoms with van der Waals surface area (Å²) in [5, 5.41) is 11.7. The first-order valence-electron chi connectivity index (χ1n) is 7.36. The number of carbonyl (C=O) groups is 2. The van der Waals surface area contributed by atoms with Crippen molar-refractivity contribution in [1.82, 2.24) is 15.3 Å². The topological polar surface area (TPSA) is 101 Å². The molecule has 7 nitrogen and oxygen atoms in total. The number of aromatic carboxylic acids is 1. The van der Waals surface area contributed by atoms with Crippen LogP contribution in [0.1, 0.15) is 36.7 Å². The Labute approximate surface area is 139 Å². The zero-order valence-corrected chi connectivity index (χ0v) is 13.7. The number of carbonyl (C=O) groups excluding carboxylic acids is 1. The maximum absolute atomic E-state index is 11.7. The number of carboxylic acid groups (broad SMARTS) is 1. The molecule has 0 aliphatic carbocycles. The number of nitrogens with zero attached hydrogens (tertiary/aromatic N) is 2. The fraction of sp³-hybridized carbons (Fsp3) is 0.294. The zero-order valence-electron chi connectivity index (χ0n) is 13.7. The molecule has 2 heterocycles. The van der Waals surface area contributed by atoms with Crippen molar-refractivity contribution in [3.8, 4) is 11.4 Å². The van der Waals surface area contributed by atoms with Crippen LogP contribution >= 0.6 is 0 Å². The van der Waals surface area contributed by atoms with Gasteiger partial charge in [0.25, 0.3) is 0 Å². The number of alkyl carbamates (subject to hydrolysis) is 1. The molecule has 2 aromatic rings. The molecule has 0 aliphatic heterocycles. The number of hydrogen-bond donors (Lipinski definition) is 2. The number of ether oxygens (including phenoxy) is 1. The first-order valence-corrected chi connectivity index (χ1v) is 7.36. The molecular formula is C17H19N3O4. The van der Waals surface area contributed by atoms with Gasteiger partial charge >= 0.3 is 12.1 Å². The molecule has 0 saturated heterocycles. The molecule has 0 fully saturated rings. The molecule has 0 spiro atoms. The van der Waals surface area contributed by atoms with E-state index in [0.717, 1.165) is 5.56 Å². The highest BCUT2D eigenvalue weighted by atomic mass is 16.6. The van der Waals surface area contributed by atoms with Crippen LogP contribution in [0.2, 0.25) is 0 Å². The quantitative estimate of drug-likeness (QED) is 0.894. The molecule has 7 heteroatoms. The third-order valence-corrected chi connectivity index (χ3v) is 2.93. The number of pyridine rings is 2. The van der Waals surface area contributed by atoms with E-state index >= 15 is 0 Å². The fourth-order valence-electron chi connectivity index (χ4n) is 1.92. The molecule has 0 bridgehead atoms. The maximum atomic E-state index is 11.7. The Morgan fingerprint density at radius 1 is 1.12 bits per heavy atom. The molecule has 0 atom stereocenters. The highest BCUT2D eigenvalue weighted by molar-refractivity contribution is 5.88. The molecule has 0 aliphatic rings. The first-order chi connectivity index (χ1) is 11.2. The highest BCUT2D eigenvalue weighted by Crippen LogP contribution is 2.17. The van der Waals surface area contributed by atoms with Gasteiger partial charge in [-0.3, -0.25) is 9.97 Å². The Morgan fingerprint density at radius 3 is 2.38 bits per heavy atom. The average Bonchev–Trinajstić information content (AvgIpc) is 2.52. The van der Waals surface area contributed by atoms with E-state index < -0.39 is 17.7 Å². The molecule has 24 heavy (non-hydrogen) atoms. The monoisotopic (exact) mass is 329 g/mol. The molecule has 0 saturated carbocycles. The third-order valence-electron chi connectivity index (χ3n) is 2.93. The second kappa shape index (κ2) is 7.08. The van der Waals surface area contributed by atoms with E-state index in [-0.39, 0.29) is 12.1 Å². The number of hydrogen-bond acceptors (Lipinski definition) is 5. The van der Waals surface area contributed by atoms with Gasteiger partial charge in [-0.05, 0) is 50.6 Å². The molecule has 0 aromatic carbocycles. The van der Waals surface area contributed by atoms with Gasteiger partial charge in [0.05, 0.1) is 17.0 Å². The second-order valence-corrected chi connectivity index (χ2v) is 6.14. The normalized spacial score (nSPS) is 11.0.